The molecule has 154 valence electrons. The minimum absolute atomic E-state index is 0.0158. The molecule has 0 aliphatic carbocycles. The first-order valence-electron chi connectivity index (χ1n) is 10.4. The van der Waals surface area contributed by atoms with Crippen LogP contribution in [0.3, 0.4) is 0 Å². The number of benzene rings is 2. The molecule has 30 heavy (non-hydrogen) atoms. The highest BCUT2D eigenvalue weighted by atomic mass is 16.5. The molecule has 5 rings (SSSR count). The van der Waals surface area contributed by atoms with Crippen LogP contribution >= 0.6 is 0 Å². The monoisotopic (exact) mass is 404 g/mol. The van der Waals surface area contributed by atoms with E-state index in [0.717, 1.165) is 41.7 Å². The highest BCUT2D eigenvalue weighted by Crippen LogP contribution is 2.37. The number of hydrogen-bond acceptors (Lipinski definition) is 4. The number of hydrogen-bond donors (Lipinski definition) is 1. The summed E-state index contributed by atoms with van der Waals surface area (Å²) in [6.07, 6.45) is 2.01. The van der Waals surface area contributed by atoms with E-state index in [4.69, 9.17) is 9.72 Å². The molecule has 0 bridgehead atoms. The van der Waals surface area contributed by atoms with E-state index in [1.54, 1.807) is 4.90 Å². The van der Waals surface area contributed by atoms with Crippen LogP contribution in [0.2, 0.25) is 0 Å². The fourth-order valence-electron chi connectivity index (χ4n) is 4.37. The number of carbonyl (C=O) groups is 2. The van der Waals surface area contributed by atoms with Crippen molar-refractivity contribution in [3.8, 4) is 0 Å². The molecule has 0 saturated carbocycles. The minimum atomic E-state index is -0.612. The predicted molar refractivity (Wildman–Crippen MR) is 115 cm³/mol. The van der Waals surface area contributed by atoms with Gasteiger partial charge in [0.05, 0.1) is 30.1 Å². The summed E-state index contributed by atoms with van der Waals surface area (Å²) in [4.78, 5) is 32.5. The van der Waals surface area contributed by atoms with Gasteiger partial charge in [-0.1, -0.05) is 24.3 Å². The largest absolute Gasteiger partial charge is 0.376 e. The number of fused-ring (bicyclic) bond motifs is 3. The Balaban J connectivity index is 1.44. The Morgan fingerprint density at radius 3 is 2.90 bits per heavy atom. The Kier molecular flexibility index (Phi) is 4.75. The molecule has 0 radical (unpaired) electrons. The molecule has 1 saturated heterocycles. The molecule has 2 aliphatic rings. The van der Waals surface area contributed by atoms with Gasteiger partial charge in [0.15, 0.2) is 0 Å². The Bertz CT molecular complexity index is 1120. The zero-order chi connectivity index (χ0) is 20.7. The molecular formula is C23H24N4O3. The van der Waals surface area contributed by atoms with Gasteiger partial charge < -0.3 is 10.1 Å². The van der Waals surface area contributed by atoms with E-state index in [1.165, 1.54) is 0 Å². The van der Waals surface area contributed by atoms with E-state index in [1.807, 2.05) is 60.0 Å². The Labute approximate surface area is 174 Å². The molecular weight excluding hydrogens is 380 g/mol. The average molecular weight is 404 g/mol. The summed E-state index contributed by atoms with van der Waals surface area (Å²) in [5.41, 5.74) is 3.48. The van der Waals surface area contributed by atoms with Gasteiger partial charge in [0, 0.05) is 12.3 Å². The zero-order valence-electron chi connectivity index (χ0n) is 16.9. The van der Waals surface area contributed by atoms with Crippen LogP contribution in [0.25, 0.3) is 11.0 Å². The molecule has 1 N–H and O–H groups in total. The average Bonchev–Trinajstić information content (AvgIpc) is 3.42. The van der Waals surface area contributed by atoms with Crippen LogP contribution in [-0.4, -0.2) is 40.6 Å². The molecule has 7 nitrogen and oxygen atoms in total. The van der Waals surface area contributed by atoms with Gasteiger partial charge in [-0.2, -0.15) is 0 Å². The van der Waals surface area contributed by atoms with Gasteiger partial charge in [0.25, 0.3) is 5.91 Å². The number of ether oxygens (including phenoxy) is 1. The number of aryl methyl sites for hydroxylation is 1. The maximum absolute atomic E-state index is 13.3. The van der Waals surface area contributed by atoms with Crippen molar-refractivity contribution in [1.82, 2.24) is 9.55 Å². The topological polar surface area (TPSA) is 76.5 Å². The number of imidazole rings is 1. The third-order valence-corrected chi connectivity index (χ3v) is 5.77. The third-order valence-electron chi connectivity index (χ3n) is 5.77. The Morgan fingerprint density at radius 2 is 2.10 bits per heavy atom. The van der Waals surface area contributed by atoms with Gasteiger partial charge in [-0.05, 0) is 49.6 Å². The van der Waals surface area contributed by atoms with Crippen LogP contribution in [0.1, 0.15) is 30.9 Å². The highest BCUT2D eigenvalue weighted by Gasteiger charge is 2.42. The Morgan fingerprint density at radius 1 is 1.23 bits per heavy atom. The lowest BCUT2D eigenvalue weighted by atomic mass is 10.1. The van der Waals surface area contributed by atoms with Crippen LogP contribution in [0.4, 0.5) is 11.6 Å². The van der Waals surface area contributed by atoms with Gasteiger partial charge in [-0.3, -0.25) is 19.1 Å². The van der Waals surface area contributed by atoms with Crippen molar-refractivity contribution >= 4 is 34.5 Å². The minimum Gasteiger partial charge on any atom is -0.376 e. The lowest BCUT2D eigenvalue weighted by Crippen LogP contribution is -2.37. The van der Waals surface area contributed by atoms with Crippen molar-refractivity contribution in [1.29, 1.82) is 0 Å². The number of carbonyl (C=O) groups excluding carboxylic acids is 2. The van der Waals surface area contributed by atoms with Crippen molar-refractivity contribution in [2.24, 2.45) is 0 Å². The summed E-state index contributed by atoms with van der Waals surface area (Å²) >= 11 is 0. The lowest BCUT2D eigenvalue weighted by molar-refractivity contribution is -0.124. The van der Waals surface area contributed by atoms with E-state index in [-0.39, 0.29) is 24.3 Å². The first-order chi connectivity index (χ1) is 14.6. The maximum atomic E-state index is 13.3. The molecule has 2 amide bonds. The van der Waals surface area contributed by atoms with E-state index in [9.17, 15) is 9.59 Å². The highest BCUT2D eigenvalue weighted by molar-refractivity contribution is 6.05. The van der Waals surface area contributed by atoms with Crippen LogP contribution < -0.4 is 10.2 Å². The maximum Gasteiger partial charge on any atom is 0.253 e. The molecule has 3 aromatic rings. The second-order valence-electron chi connectivity index (χ2n) is 7.99. The quantitative estimate of drug-likeness (QED) is 0.707. The first-order valence-corrected chi connectivity index (χ1v) is 10.4. The van der Waals surface area contributed by atoms with Gasteiger partial charge in [-0.25, -0.2) is 4.98 Å². The fourth-order valence-corrected chi connectivity index (χ4v) is 4.37. The van der Waals surface area contributed by atoms with E-state index in [2.05, 4.69) is 5.32 Å². The van der Waals surface area contributed by atoms with Crippen LogP contribution in [-0.2, 0) is 14.3 Å². The number of aromatic nitrogens is 2. The van der Waals surface area contributed by atoms with Crippen molar-refractivity contribution in [2.75, 3.05) is 23.4 Å². The van der Waals surface area contributed by atoms with Crippen LogP contribution in [0.5, 0.6) is 0 Å². The molecule has 0 spiro atoms. The summed E-state index contributed by atoms with van der Waals surface area (Å²) in [7, 11) is 0. The molecule has 7 heteroatoms. The summed E-state index contributed by atoms with van der Waals surface area (Å²) in [5.74, 6) is 0.310. The van der Waals surface area contributed by atoms with E-state index < -0.39 is 6.04 Å². The SMILES string of the molecule is Cc1cccc(NC(=O)CC2C(=O)N(CC3CCCO3)c3nc4ccccc4n32)c1. The lowest BCUT2D eigenvalue weighted by Gasteiger charge is -2.19. The zero-order valence-corrected chi connectivity index (χ0v) is 16.9. The molecule has 3 heterocycles. The normalized spacial score (nSPS) is 20.7. The number of amides is 2. The van der Waals surface area contributed by atoms with Gasteiger partial charge in [0.2, 0.25) is 11.9 Å². The second-order valence-corrected chi connectivity index (χ2v) is 7.99. The third kappa shape index (κ3) is 3.35. The molecule has 2 unspecified atom stereocenters. The number of nitrogens with one attached hydrogen (secondary N) is 1. The first kappa shape index (κ1) is 18.8. The number of nitrogens with zero attached hydrogens (tertiary/aromatic N) is 3. The van der Waals surface area contributed by atoms with Crippen LogP contribution in [0, 0.1) is 6.92 Å². The van der Waals surface area contributed by atoms with Crippen LogP contribution in [0.15, 0.2) is 48.5 Å². The standard InChI is InChI=1S/C23H24N4O3/c1-15-6-4-7-16(12-15)24-21(28)13-20-22(29)26(14-17-8-5-11-30-17)23-25-18-9-2-3-10-19(18)27(20)23/h2-4,6-7,9-10,12,17,20H,5,8,11,13-14H2,1H3,(H,24,28). The summed E-state index contributed by atoms with van der Waals surface area (Å²) in [5, 5.41) is 2.92. The second kappa shape index (κ2) is 7.57. The molecule has 2 atom stereocenters. The smallest absolute Gasteiger partial charge is 0.253 e. The van der Waals surface area contributed by atoms with Crippen molar-refractivity contribution in [2.45, 2.75) is 38.3 Å². The van der Waals surface area contributed by atoms with Crippen molar-refractivity contribution in [3.63, 3.8) is 0 Å². The van der Waals surface area contributed by atoms with Gasteiger partial charge >= 0.3 is 0 Å². The molecule has 2 aliphatic heterocycles. The molecule has 1 fully saturated rings. The number of anilines is 2. The summed E-state index contributed by atoms with van der Waals surface area (Å²) < 4.78 is 7.65. The number of rotatable bonds is 5. The van der Waals surface area contributed by atoms with E-state index in [0.29, 0.717) is 12.5 Å². The predicted octanol–water partition coefficient (Wildman–Crippen LogP) is 3.44. The molecule has 2 aromatic carbocycles. The number of para-hydroxylation sites is 2. The van der Waals surface area contributed by atoms with Gasteiger partial charge in [0.1, 0.15) is 6.04 Å². The van der Waals surface area contributed by atoms with Crippen molar-refractivity contribution < 1.29 is 14.3 Å². The summed E-state index contributed by atoms with van der Waals surface area (Å²) in [6, 6.07) is 14.8. The van der Waals surface area contributed by atoms with Crippen molar-refractivity contribution in [3.05, 3.63) is 54.1 Å². The summed E-state index contributed by atoms with van der Waals surface area (Å²) in [6.45, 7) is 3.17. The fraction of sp³-hybridized carbons (Fsp3) is 0.348. The van der Waals surface area contributed by atoms with E-state index >= 15 is 0 Å². The van der Waals surface area contributed by atoms with Gasteiger partial charge in [-0.15, -0.1) is 0 Å². The molecule has 1 aromatic heterocycles. The Hall–Kier alpha value is -3.19.